The van der Waals surface area contributed by atoms with Gasteiger partial charge < -0.3 is 9.15 Å². The smallest absolute Gasteiger partial charge is 0.254 e. The largest absolute Gasteiger partial charge is 0.483 e. The summed E-state index contributed by atoms with van der Waals surface area (Å²) >= 11 is 10.2. The lowest BCUT2D eigenvalue weighted by molar-refractivity contribution is 0.263. The summed E-state index contributed by atoms with van der Waals surface area (Å²) in [5, 5.41) is 8.03. The molecule has 112 valence electrons. The Labute approximate surface area is 152 Å². The lowest BCUT2D eigenvalue weighted by Crippen LogP contribution is -1.96. The lowest BCUT2D eigenvalue weighted by atomic mass is 10.2. The molecule has 0 bridgehead atoms. The summed E-state index contributed by atoms with van der Waals surface area (Å²) in [5.41, 5.74) is 0.867. The van der Waals surface area contributed by atoms with Crippen LogP contribution in [0.3, 0.4) is 0 Å². The predicted molar refractivity (Wildman–Crippen MR) is 93.6 cm³/mol. The van der Waals surface area contributed by atoms with Crippen LogP contribution >= 0.6 is 47.8 Å². The van der Waals surface area contributed by atoms with Gasteiger partial charge in [0, 0.05) is 14.5 Å². The molecule has 2 aromatic carbocycles. The van der Waals surface area contributed by atoms with Gasteiger partial charge in [-0.15, -0.1) is 10.2 Å². The molecule has 0 aliphatic heterocycles. The van der Waals surface area contributed by atoms with Gasteiger partial charge in [0.25, 0.3) is 5.89 Å². The molecule has 3 rings (SSSR count). The molecule has 0 radical (unpaired) electrons. The molecule has 0 saturated heterocycles. The molecule has 22 heavy (non-hydrogen) atoms. The van der Waals surface area contributed by atoms with E-state index in [-0.39, 0.29) is 6.61 Å². The van der Waals surface area contributed by atoms with Gasteiger partial charge in [-0.2, -0.15) is 0 Å². The van der Waals surface area contributed by atoms with Crippen molar-refractivity contribution >= 4 is 47.8 Å². The molecular formula is C15H9Br3N2O2. The molecular weight excluding hydrogens is 480 g/mol. The Morgan fingerprint density at radius 1 is 0.909 bits per heavy atom. The van der Waals surface area contributed by atoms with Crippen molar-refractivity contribution in [3.05, 3.63) is 61.8 Å². The summed E-state index contributed by atoms with van der Waals surface area (Å²) in [7, 11) is 0. The summed E-state index contributed by atoms with van der Waals surface area (Å²) in [5.74, 6) is 1.61. The van der Waals surface area contributed by atoms with E-state index in [9.17, 15) is 0 Å². The summed E-state index contributed by atoms with van der Waals surface area (Å²) in [6, 6.07) is 13.3. The number of benzene rings is 2. The maximum absolute atomic E-state index is 5.67. The van der Waals surface area contributed by atoms with Crippen LogP contribution in [0.2, 0.25) is 0 Å². The Morgan fingerprint density at radius 2 is 1.64 bits per heavy atom. The van der Waals surface area contributed by atoms with Gasteiger partial charge in [-0.25, -0.2) is 0 Å². The minimum absolute atomic E-state index is 0.212. The van der Waals surface area contributed by atoms with E-state index in [1.54, 1.807) is 0 Å². The Kier molecular flexibility index (Phi) is 4.95. The third kappa shape index (κ3) is 3.77. The predicted octanol–water partition coefficient (Wildman–Crippen LogP) is 5.60. The fourth-order valence-corrected chi connectivity index (χ4v) is 3.18. The van der Waals surface area contributed by atoms with E-state index < -0.39 is 0 Å². The number of nitrogens with zero attached hydrogens (tertiary/aromatic N) is 2. The van der Waals surface area contributed by atoms with Gasteiger partial charge in [-0.1, -0.05) is 31.9 Å². The Hall–Kier alpha value is -1.18. The maximum atomic E-state index is 5.67. The van der Waals surface area contributed by atoms with Crippen molar-refractivity contribution in [2.45, 2.75) is 6.61 Å². The summed E-state index contributed by atoms with van der Waals surface area (Å²) in [4.78, 5) is 0. The summed E-state index contributed by atoms with van der Waals surface area (Å²) < 4.78 is 14.1. The summed E-state index contributed by atoms with van der Waals surface area (Å²) in [6.07, 6.45) is 0. The van der Waals surface area contributed by atoms with E-state index in [4.69, 9.17) is 9.15 Å². The van der Waals surface area contributed by atoms with Crippen molar-refractivity contribution in [2.24, 2.45) is 0 Å². The standard InChI is InChI=1S/C15H9Br3N2O2/c16-10-3-1-9(2-4-10)15-20-19-14(22-15)8-21-13-6-5-11(17)7-12(13)18/h1-7H,8H2. The first-order valence-electron chi connectivity index (χ1n) is 6.28. The molecule has 0 saturated carbocycles. The number of ether oxygens (including phenoxy) is 1. The first kappa shape index (κ1) is 15.7. The van der Waals surface area contributed by atoms with Gasteiger partial charge in [0.2, 0.25) is 5.89 Å². The molecule has 4 nitrogen and oxygen atoms in total. The third-order valence-corrected chi connectivity index (χ3v) is 4.44. The first-order valence-corrected chi connectivity index (χ1v) is 8.66. The Bertz CT molecular complexity index is 788. The fraction of sp³-hybridized carbons (Fsp3) is 0.0667. The van der Waals surface area contributed by atoms with Crippen LogP contribution in [0.1, 0.15) is 5.89 Å². The topological polar surface area (TPSA) is 48.2 Å². The molecule has 1 heterocycles. The van der Waals surface area contributed by atoms with E-state index in [0.29, 0.717) is 17.5 Å². The van der Waals surface area contributed by atoms with E-state index in [1.165, 1.54) is 0 Å². The van der Waals surface area contributed by atoms with Crippen LogP contribution in [-0.2, 0) is 6.61 Å². The molecule has 0 fully saturated rings. The second-order valence-electron chi connectivity index (χ2n) is 4.37. The third-order valence-electron chi connectivity index (χ3n) is 2.80. The van der Waals surface area contributed by atoms with E-state index in [0.717, 1.165) is 19.0 Å². The SMILES string of the molecule is Brc1ccc(-c2nnc(COc3ccc(Br)cc3Br)o2)cc1. The van der Waals surface area contributed by atoms with Crippen molar-refractivity contribution in [3.63, 3.8) is 0 Å². The number of hydrogen-bond donors (Lipinski definition) is 0. The van der Waals surface area contributed by atoms with Crippen LogP contribution in [0.4, 0.5) is 0 Å². The lowest BCUT2D eigenvalue weighted by Gasteiger charge is -2.05. The molecule has 0 amide bonds. The minimum Gasteiger partial charge on any atom is -0.483 e. The normalized spacial score (nSPS) is 10.7. The van der Waals surface area contributed by atoms with Crippen LogP contribution in [0, 0.1) is 0 Å². The van der Waals surface area contributed by atoms with Gasteiger partial charge in [-0.3, -0.25) is 0 Å². The average molecular weight is 489 g/mol. The van der Waals surface area contributed by atoms with Crippen LogP contribution < -0.4 is 4.74 Å². The fourth-order valence-electron chi connectivity index (χ4n) is 1.75. The molecule has 0 atom stereocenters. The second-order valence-corrected chi connectivity index (χ2v) is 7.06. The quantitative estimate of drug-likeness (QED) is 0.479. The highest BCUT2D eigenvalue weighted by Crippen LogP contribution is 2.29. The van der Waals surface area contributed by atoms with Crippen LogP contribution in [0.5, 0.6) is 5.75 Å². The van der Waals surface area contributed by atoms with Crippen molar-refractivity contribution in [2.75, 3.05) is 0 Å². The van der Waals surface area contributed by atoms with Gasteiger partial charge in [0.05, 0.1) is 4.47 Å². The first-order chi connectivity index (χ1) is 10.6. The van der Waals surface area contributed by atoms with Crippen molar-refractivity contribution in [3.8, 4) is 17.2 Å². The average Bonchev–Trinajstić information content (AvgIpc) is 2.96. The molecule has 3 aromatic rings. The van der Waals surface area contributed by atoms with E-state index in [2.05, 4.69) is 58.0 Å². The highest BCUT2D eigenvalue weighted by atomic mass is 79.9. The summed E-state index contributed by atoms with van der Waals surface area (Å²) in [6.45, 7) is 0.212. The van der Waals surface area contributed by atoms with Crippen molar-refractivity contribution in [1.29, 1.82) is 0 Å². The molecule has 0 aliphatic carbocycles. The Morgan fingerprint density at radius 3 is 2.36 bits per heavy atom. The number of rotatable bonds is 4. The number of halogens is 3. The van der Waals surface area contributed by atoms with Gasteiger partial charge in [0.15, 0.2) is 6.61 Å². The molecule has 0 spiro atoms. The van der Waals surface area contributed by atoms with Gasteiger partial charge in [0.1, 0.15) is 5.75 Å². The molecule has 0 unspecified atom stereocenters. The monoisotopic (exact) mass is 486 g/mol. The van der Waals surface area contributed by atoms with Crippen LogP contribution in [0.15, 0.2) is 60.3 Å². The van der Waals surface area contributed by atoms with Crippen LogP contribution in [-0.4, -0.2) is 10.2 Å². The van der Waals surface area contributed by atoms with Gasteiger partial charge in [-0.05, 0) is 58.4 Å². The minimum atomic E-state index is 0.212. The molecule has 7 heteroatoms. The highest BCUT2D eigenvalue weighted by Gasteiger charge is 2.10. The molecule has 0 N–H and O–H groups in total. The maximum Gasteiger partial charge on any atom is 0.254 e. The second kappa shape index (κ2) is 6.93. The molecule has 0 aliphatic rings. The van der Waals surface area contributed by atoms with Gasteiger partial charge >= 0.3 is 0 Å². The number of aromatic nitrogens is 2. The molecule has 1 aromatic heterocycles. The van der Waals surface area contributed by atoms with Crippen molar-refractivity contribution < 1.29 is 9.15 Å². The van der Waals surface area contributed by atoms with E-state index in [1.807, 2.05) is 42.5 Å². The highest BCUT2D eigenvalue weighted by molar-refractivity contribution is 9.11. The zero-order valence-electron chi connectivity index (χ0n) is 11.1. The van der Waals surface area contributed by atoms with Crippen LogP contribution in [0.25, 0.3) is 11.5 Å². The van der Waals surface area contributed by atoms with E-state index >= 15 is 0 Å². The zero-order valence-corrected chi connectivity index (χ0v) is 15.9. The number of hydrogen-bond acceptors (Lipinski definition) is 4. The van der Waals surface area contributed by atoms with Crippen molar-refractivity contribution in [1.82, 2.24) is 10.2 Å². The zero-order chi connectivity index (χ0) is 15.5. The Balaban J connectivity index is 1.70.